The SMILES string of the molecule is O=C(O)C(Cc1ccc([N+](=O)[O-])cc1)c1ccc(Cl)s1. The zero-order chi connectivity index (χ0) is 14.7. The number of hydrogen-bond donors (Lipinski definition) is 1. The molecule has 2 aromatic rings. The highest BCUT2D eigenvalue weighted by molar-refractivity contribution is 7.16. The highest BCUT2D eigenvalue weighted by Crippen LogP contribution is 2.31. The Balaban J connectivity index is 2.20. The number of halogens is 1. The lowest BCUT2D eigenvalue weighted by Crippen LogP contribution is -2.13. The molecule has 2 rings (SSSR count). The second-order valence-electron chi connectivity index (χ2n) is 4.16. The standard InChI is InChI=1S/C13H10ClNO4S/c14-12-6-5-11(20-12)10(13(16)17)7-8-1-3-9(4-2-8)15(18)19/h1-6,10H,7H2,(H,16,17). The van der Waals surface area contributed by atoms with Crippen LogP contribution in [0.15, 0.2) is 36.4 Å². The van der Waals surface area contributed by atoms with E-state index in [1.54, 1.807) is 24.3 Å². The summed E-state index contributed by atoms with van der Waals surface area (Å²) in [6, 6.07) is 9.24. The number of thiophene rings is 1. The summed E-state index contributed by atoms with van der Waals surface area (Å²) in [7, 11) is 0. The Labute approximate surface area is 123 Å². The van der Waals surface area contributed by atoms with Gasteiger partial charge in [-0.15, -0.1) is 11.3 Å². The minimum Gasteiger partial charge on any atom is -0.481 e. The van der Waals surface area contributed by atoms with Crippen molar-refractivity contribution >= 4 is 34.6 Å². The molecular weight excluding hydrogens is 302 g/mol. The van der Waals surface area contributed by atoms with Gasteiger partial charge in [0.25, 0.3) is 5.69 Å². The number of aliphatic carboxylic acids is 1. The number of carboxylic acid groups (broad SMARTS) is 1. The third kappa shape index (κ3) is 3.34. The molecule has 20 heavy (non-hydrogen) atoms. The largest absolute Gasteiger partial charge is 0.481 e. The van der Waals surface area contributed by atoms with E-state index >= 15 is 0 Å². The predicted molar refractivity (Wildman–Crippen MR) is 76.5 cm³/mol. The van der Waals surface area contributed by atoms with E-state index in [2.05, 4.69) is 0 Å². The van der Waals surface area contributed by atoms with Gasteiger partial charge in [0.2, 0.25) is 0 Å². The van der Waals surface area contributed by atoms with Crippen molar-refractivity contribution < 1.29 is 14.8 Å². The molecule has 1 aromatic carbocycles. The van der Waals surface area contributed by atoms with Crippen LogP contribution in [0.3, 0.4) is 0 Å². The van der Waals surface area contributed by atoms with Crippen LogP contribution in [0.5, 0.6) is 0 Å². The van der Waals surface area contributed by atoms with Gasteiger partial charge in [-0.1, -0.05) is 23.7 Å². The van der Waals surface area contributed by atoms with Crippen LogP contribution in [-0.4, -0.2) is 16.0 Å². The van der Waals surface area contributed by atoms with Gasteiger partial charge in [0.15, 0.2) is 0 Å². The number of nitrogens with zero attached hydrogens (tertiary/aromatic N) is 1. The van der Waals surface area contributed by atoms with Gasteiger partial charge in [-0.2, -0.15) is 0 Å². The number of non-ortho nitro benzene ring substituents is 1. The summed E-state index contributed by atoms with van der Waals surface area (Å²) in [6.07, 6.45) is 0.268. The maximum absolute atomic E-state index is 11.3. The van der Waals surface area contributed by atoms with Crippen LogP contribution in [-0.2, 0) is 11.2 Å². The van der Waals surface area contributed by atoms with Crippen LogP contribution in [0.25, 0.3) is 0 Å². The lowest BCUT2D eigenvalue weighted by Gasteiger charge is -2.10. The zero-order valence-electron chi connectivity index (χ0n) is 10.2. The van der Waals surface area contributed by atoms with E-state index < -0.39 is 16.8 Å². The van der Waals surface area contributed by atoms with Gasteiger partial charge >= 0.3 is 5.97 Å². The summed E-state index contributed by atoms with van der Waals surface area (Å²) in [5.41, 5.74) is 0.715. The second kappa shape index (κ2) is 6.02. The molecule has 1 atom stereocenters. The molecule has 5 nitrogen and oxygen atoms in total. The first kappa shape index (κ1) is 14.5. The Kier molecular flexibility index (Phi) is 4.36. The fourth-order valence-electron chi connectivity index (χ4n) is 1.81. The molecular formula is C13H10ClNO4S. The molecule has 7 heteroatoms. The summed E-state index contributed by atoms with van der Waals surface area (Å²) < 4.78 is 0.537. The average Bonchev–Trinajstić information content (AvgIpc) is 2.82. The fraction of sp³-hybridized carbons (Fsp3) is 0.154. The van der Waals surface area contributed by atoms with Gasteiger partial charge in [0.05, 0.1) is 15.2 Å². The molecule has 104 valence electrons. The Morgan fingerprint density at radius 1 is 1.30 bits per heavy atom. The molecule has 1 N–H and O–H groups in total. The van der Waals surface area contributed by atoms with Crippen LogP contribution in [0.1, 0.15) is 16.4 Å². The highest BCUT2D eigenvalue weighted by atomic mass is 35.5. The third-order valence-electron chi connectivity index (χ3n) is 2.82. The maximum Gasteiger partial charge on any atom is 0.312 e. The molecule has 0 aliphatic heterocycles. The smallest absolute Gasteiger partial charge is 0.312 e. The average molecular weight is 312 g/mol. The maximum atomic E-state index is 11.3. The number of nitro groups is 1. The second-order valence-corrected chi connectivity index (χ2v) is 5.91. The molecule has 0 radical (unpaired) electrons. The summed E-state index contributed by atoms with van der Waals surface area (Å²) in [5, 5.41) is 19.9. The molecule has 1 aromatic heterocycles. The summed E-state index contributed by atoms with van der Waals surface area (Å²) >= 11 is 7.05. The zero-order valence-corrected chi connectivity index (χ0v) is 11.7. The van der Waals surface area contributed by atoms with E-state index in [1.807, 2.05) is 0 Å². The molecule has 1 heterocycles. The number of carbonyl (C=O) groups is 1. The van der Waals surface area contributed by atoms with Gasteiger partial charge in [0, 0.05) is 17.0 Å². The summed E-state index contributed by atoms with van der Waals surface area (Å²) in [4.78, 5) is 22.1. The van der Waals surface area contributed by atoms with E-state index in [0.717, 1.165) is 5.56 Å². The van der Waals surface area contributed by atoms with Crippen molar-refractivity contribution in [1.82, 2.24) is 0 Å². The molecule has 0 spiro atoms. The number of nitro benzene ring substituents is 1. The van der Waals surface area contributed by atoms with E-state index in [4.69, 9.17) is 11.6 Å². The number of carboxylic acids is 1. The number of hydrogen-bond acceptors (Lipinski definition) is 4. The Bertz CT molecular complexity index is 638. The number of benzene rings is 1. The van der Waals surface area contributed by atoms with E-state index in [-0.39, 0.29) is 12.1 Å². The van der Waals surface area contributed by atoms with Gasteiger partial charge in [-0.05, 0) is 24.1 Å². The van der Waals surface area contributed by atoms with Crippen molar-refractivity contribution in [3.8, 4) is 0 Å². The van der Waals surface area contributed by atoms with Crippen LogP contribution in [0.4, 0.5) is 5.69 Å². The van der Waals surface area contributed by atoms with Crippen molar-refractivity contribution in [2.45, 2.75) is 12.3 Å². The molecule has 1 unspecified atom stereocenters. The highest BCUT2D eigenvalue weighted by Gasteiger charge is 2.22. The summed E-state index contributed by atoms with van der Waals surface area (Å²) in [6.45, 7) is 0. The van der Waals surface area contributed by atoms with E-state index in [9.17, 15) is 20.0 Å². The summed E-state index contributed by atoms with van der Waals surface area (Å²) in [5.74, 6) is -1.64. The number of rotatable bonds is 5. The van der Waals surface area contributed by atoms with Crippen molar-refractivity contribution in [1.29, 1.82) is 0 Å². The molecule has 0 fully saturated rings. The normalized spacial score (nSPS) is 12.1. The minimum absolute atomic E-state index is 0.0141. The fourth-order valence-corrected chi connectivity index (χ4v) is 2.97. The van der Waals surface area contributed by atoms with Crippen molar-refractivity contribution in [3.05, 3.63) is 61.3 Å². The van der Waals surface area contributed by atoms with Crippen LogP contribution in [0, 0.1) is 10.1 Å². The Hall–Kier alpha value is -1.92. The van der Waals surface area contributed by atoms with Crippen LogP contribution in [0.2, 0.25) is 4.34 Å². The van der Waals surface area contributed by atoms with Gasteiger partial charge < -0.3 is 5.11 Å². The Morgan fingerprint density at radius 2 is 1.95 bits per heavy atom. The van der Waals surface area contributed by atoms with Gasteiger partial charge in [-0.3, -0.25) is 14.9 Å². The first-order valence-electron chi connectivity index (χ1n) is 5.68. The first-order valence-corrected chi connectivity index (χ1v) is 6.88. The van der Waals surface area contributed by atoms with Crippen molar-refractivity contribution in [2.24, 2.45) is 0 Å². The molecule has 0 amide bonds. The lowest BCUT2D eigenvalue weighted by molar-refractivity contribution is -0.384. The Morgan fingerprint density at radius 3 is 2.40 bits per heavy atom. The van der Waals surface area contributed by atoms with E-state index in [0.29, 0.717) is 9.21 Å². The topological polar surface area (TPSA) is 80.4 Å². The van der Waals surface area contributed by atoms with E-state index in [1.165, 1.54) is 23.5 Å². The first-order chi connectivity index (χ1) is 9.47. The minimum atomic E-state index is -0.943. The predicted octanol–water partition coefficient (Wildman–Crippen LogP) is 3.72. The van der Waals surface area contributed by atoms with Gasteiger partial charge in [0.1, 0.15) is 0 Å². The monoisotopic (exact) mass is 311 g/mol. The molecule has 0 aliphatic carbocycles. The van der Waals surface area contributed by atoms with Crippen LogP contribution < -0.4 is 0 Å². The molecule has 0 saturated heterocycles. The third-order valence-corrected chi connectivity index (χ3v) is 4.17. The lowest BCUT2D eigenvalue weighted by atomic mass is 9.98. The van der Waals surface area contributed by atoms with Crippen LogP contribution >= 0.6 is 22.9 Å². The quantitative estimate of drug-likeness (QED) is 0.674. The molecule has 0 aliphatic rings. The van der Waals surface area contributed by atoms with Crippen molar-refractivity contribution in [3.63, 3.8) is 0 Å². The molecule has 0 bridgehead atoms. The van der Waals surface area contributed by atoms with Gasteiger partial charge in [-0.25, -0.2) is 0 Å². The van der Waals surface area contributed by atoms with Crippen molar-refractivity contribution in [2.75, 3.05) is 0 Å². The molecule has 0 saturated carbocycles.